The Labute approximate surface area is 65.0 Å². The largest absolute Gasteiger partial charge is 0.290 e. The number of ketones is 1. The quantitative estimate of drug-likeness (QED) is 0.643. The zero-order valence-corrected chi connectivity index (χ0v) is 6.88. The number of carbonyl (C=O) groups is 1. The Balaban J connectivity index is 2.85. The second-order valence-corrected chi connectivity index (χ2v) is 2.76. The number of Topliss-reactive ketones (excluding diaryl/α,β-unsaturated/α-hetero) is 1. The molecule has 4 heteroatoms. The van der Waals surface area contributed by atoms with Gasteiger partial charge in [-0.15, -0.1) is 0 Å². The lowest BCUT2D eigenvalue weighted by Crippen LogP contribution is -2.09. The van der Waals surface area contributed by atoms with E-state index in [1.165, 1.54) is 0 Å². The van der Waals surface area contributed by atoms with E-state index in [1.54, 1.807) is 6.92 Å². The monoisotopic (exact) mass is 153 g/mol. The van der Waals surface area contributed by atoms with Crippen molar-refractivity contribution in [3.63, 3.8) is 0 Å². The highest BCUT2D eigenvalue weighted by atomic mass is 16.1. The van der Waals surface area contributed by atoms with Crippen LogP contribution in [0.2, 0.25) is 0 Å². The van der Waals surface area contributed by atoms with Gasteiger partial charge in [0.25, 0.3) is 0 Å². The summed E-state index contributed by atoms with van der Waals surface area (Å²) < 4.78 is 0. The molecule has 0 aliphatic rings. The van der Waals surface area contributed by atoms with Gasteiger partial charge in [0.2, 0.25) is 11.6 Å². The molecule has 1 N–H and O–H groups in total. The molecule has 4 nitrogen and oxygen atoms in total. The minimum absolute atomic E-state index is 0.0191. The summed E-state index contributed by atoms with van der Waals surface area (Å²) >= 11 is 0. The van der Waals surface area contributed by atoms with Crippen molar-refractivity contribution in [1.29, 1.82) is 0 Å². The molecule has 0 saturated carbocycles. The Kier molecular flexibility index (Phi) is 2.03. The van der Waals surface area contributed by atoms with E-state index in [4.69, 9.17) is 0 Å². The van der Waals surface area contributed by atoms with E-state index >= 15 is 0 Å². The topological polar surface area (TPSA) is 58.6 Å². The number of aromatic nitrogens is 3. The summed E-state index contributed by atoms with van der Waals surface area (Å²) in [4.78, 5) is 15.1. The Morgan fingerprint density at radius 3 is 2.55 bits per heavy atom. The van der Waals surface area contributed by atoms with E-state index in [-0.39, 0.29) is 17.5 Å². The van der Waals surface area contributed by atoms with Crippen LogP contribution in [-0.4, -0.2) is 21.0 Å². The van der Waals surface area contributed by atoms with Crippen LogP contribution in [0.25, 0.3) is 0 Å². The van der Waals surface area contributed by atoms with Crippen LogP contribution in [0.15, 0.2) is 0 Å². The van der Waals surface area contributed by atoms with Crippen LogP contribution in [0, 0.1) is 12.8 Å². The van der Waals surface area contributed by atoms with Crippen molar-refractivity contribution >= 4 is 5.78 Å². The Morgan fingerprint density at radius 2 is 2.18 bits per heavy atom. The van der Waals surface area contributed by atoms with Crippen LogP contribution >= 0.6 is 0 Å². The molecule has 11 heavy (non-hydrogen) atoms. The van der Waals surface area contributed by atoms with E-state index in [0.717, 1.165) is 0 Å². The smallest absolute Gasteiger partial charge is 0.217 e. The maximum atomic E-state index is 11.2. The van der Waals surface area contributed by atoms with Crippen molar-refractivity contribution in [3.8, 4) is 0 Å². The van der Waals surface area contributed by atoms with Gasteiger partial charge < -0.3 is 0 Å². The standard InChI is InChI=1S/C7H11N3O/c1-4(2)6(11)7-8-5(3)9-10-7/h4H,1-3H3,(H,8,9,10). The molecule has 0 radical (unpaired) electrons. The number of H-pyrrole nitrogens is 1. The average Bonchev–Trinajstić information content (AvgIpc) is 2.34. The maximum absolute atomic E-state index is 11.2. The molecule has 0 aliphatic heterocycles. The number of rotatable bonds is 2. The molecule has 0 unspecified atom stereocenters. The molecule has 1 aromatic rings. The number of nitrogens with zero attached hydrogens (tertiary/aromatic N) is 2. The zero-order chi connectivity index (χ0) is 8.43. The molecule has 1 heterocycles. The third-order valence-corrected chi connectivity index (χ3v) is 1.34. The SMILES string of the molecule is Cc1nc(C(=O)C(C)C)n[nH]1. The van der Waals surface area contributed by atoms with Gasteiger partial charge in [-0.1, -0.05) is 13.8 Å². The first-order chi connectivity index (χ1) is 5.11. The van der Waals surface area contributed by atoms with Crippen molar-refractivity contribution in [3.05, 3.63) is 11.6 Å². The molecule has 0 fully saturated rings. The summed E-state index contributed by atoms with van der Waals surface area (Å²) in [6, 6.07) is 0. The molecular formula is C7H11N3O. The molecule has 0 saturated heterocycles. The molecule has 0 amide bonds. The molecular weight excluding hydrogens is 142 g/mol. The van der Waals surface area contributed by atoms with Crippen molar-refractivity contribution in [2.24, 2.45) is 5.92 Å². The third-order valence-electron chi connectivity index (χ3n) is 1.34. The normalized spacial score (nSPS) is 10.5. The fourth-order valence-corrected chi connectivity index (χ4v) is 0.711. The summed E-state index contributed by atoms with van der Waals surface area (Å²) in [6.45, 7) is 5.42. The molecule has 1 aromatic heterocycles. The molecule has 0 atom stereocenters. The minimum atomic E-state index is -0.0369. The first kappa shape index (κ1) is 7.91. The molecule has 0 aromatic carbocycles. The zero-order valence-electron chi connectivity index (χ0n) is 6.88. The van der Waals surface area contributed by atoms with E-state index in [2.05, 4.69) is 15.2 Å². The van der Waals surface area contributed by atoms with E-state index in [1.807, 2.05) is 13.8 Å². The number of carbonyl (C=O) groups excluding carboxylic acids is 1. The van der Waals surface area contributed by atoms with Gasteiger partial charge >= 0.3 is 0 Å². The van der Waals surface area contributed by atoms with Gasteiger partial charge in [-0.3, -0.25) is 9.89 Å². The molecule has 0 aliphatic carbocycles. The van der Waals surface area contributed by atoms with E-state index in [9.17, 15) is 4.79 Å². The first-order valence-electron chi connectivity index (χ1n) is 3.54. The van der Waals surface area contributed by atoms with Gasteiger partial charge in [0.05, 0.1) is 0 Å². The van der Waals surface area contributed by atoms with Crippen molar-refractivity contribution in [2.45, 2.75) is 20.8 Å². The lowest BCUT2D eigenvalue weighted by Gasteiger charge is -1.96. The highest BCUT2D eigenvalue weighted by Gasteiger charge is 2.14. The first-order valence-corrected chi connectivity index (χ1v) is 3.54. The summed E-state index contributed by atoms with van der Waals surface area (Å²) in [6.07, 6.45) is 0. The Bertz CT molecular complexity index is 264. The molecule has 1 rings (SSSR count). The summed E-state index contributed by atoms with van der Waals surface area (Å²) in [5.74, 6) is 0.908. The lowest BCUT2D eigenvalue weighted by atomic mass is 10.1. The number of hydrogen-bond acceptors (Lipinski definition) is 3. The fourth-order valence-electron chi connectivity index (χ4n) is 0.711. The second-order valence-electron chi connectivity index (χ2n) is 2.76. The highest BCUT2D eigenvalue weighted by molar-refractivity contribution is 5.93. The molecule has 60 valence electrons. The van der Waals surface area contributed by atoms with Crippen LogP contribution in [0.5, 0.6) is 0 Å². The predicted molar refractivity (Wildman–Crippen MR) is 40.3 cm³/mol. The Hall–Kier alpha value is -1.19. The van der Waals surface area contributed by atoms with Gasteiger partial charge in [-0.2, -0.15) is 5.10 Å². The average molecular weight is 153 g/mol. The fraction of sp³-hybridized carbons (Fsp3) is 0.571. The van der Waals surface area contributed by atoms with E-state index in [0.29, 0.717) is 5.82 Å². The third kappa shape index (κ3) is 1.63. The molecule has 0 spiro atoms. The van der Waals surface area contributed by atoms with Crippen LogP contribution in [0.3, 0.4) is 0 Å². The summed E-state index contributed by atoms with van der Waals surface area (Å²) in [5, 5.41) is 6.37. The number of hydrogen-bond donors (Lipinski definition) is 1. The number of aryl methyl sites for hydroxylation is 1. The Morgan fingerprint density at radius 1 is 1.55 bits per heavy atom. The van der Waals surface area contributed by atoms with Crippen LogP contribution < -0.4 is 0 Å². The second kappa shape index (κ2) is 2.82. The van der Waals surface area contributed by atoms with Gasteiger partial charge in [-0.05, 0) is 6.92 Å². The van der Waals surface area contributed by atoms with Crippen LogP contribution in [0.4, 0.5) is 0 Å². The van der Waals surface area contributed by atoms with Crippen molar-refractivity contribution < 1.29 is 4.79 Å². The van der Waals surface area contributed by atoms with Crippen molar-refractivity contribution in [2.75, 3.05) is 0 Å². The summed E-state index contributed by atoms with van der Waals surface area (Å²) in [7, 11) is 0. The van der Waals surface area contributed by atoms with Gasteiger partial charge in [0, 0.05) is 5.92 Å². The van der Waals surface area contributed by atoms with Gasteiger partial charge in [0.15, 0.2) is 0 Å². The maximum Gasteiger partial charge on any atom is 0.217 e. The number of aromatic amines is 1. The lowest BCUT2D eigenvalue weighted by molar-refractivity contribution is 0.0929. The van der Waals surface area contributed by atoms with Crippen molar-refractivity contribution in [1.82, 2.24) is 15.2 Å². The van der Waals surface area contributed by atoms with Crippen LogP contribution in [0.1, 0.15) is 30.3 Å². The van der Waals surface area contributed by atoms with Gasteiger partial charge in [0.1, 0.15) is 5.82 Å². The summed E-state index contributed by atoms with van der Waals surface area (Å²) in [5.41, 5.74) is 0. The number of nitrogens with one attached hydrogen (secondary N) is 1. The highest BCUT2D eigenvalue weighted by Crippen LogP contribution is 2.02. The molecule has 0 bridgehead atoms. The minimum Gasteiger partial charge on any atom is -0.290 e. The predicted octanol–water partition coefficient (Wildman–Crippen LogP) is 0.952. The van der Waals surface area contributed by atoms with Gasteiger partial charge in [-0.25, -0.2) is 4.98 Å². The van der Waals surface area contributed by atoms with E-state index < -0.39 is 0 Å². The van der Waals surface area contributed by atoms with Crippen LogP contribution in [-0.2, 0) is 0 Å².